The van der Waals surface area contributed by atoms with Crippen molar-refractivity contribution in [3.63, 3.8) is 0 Å². The van der Waals surface area contributed by atoms with E-state index in [1.165, 1.54) is 0 Å². The van der Waals surface area contributed by atoms with Crippen molar-refractivity contribution in [1.29, 1.82) is 0 Å². The molecule has 0 spiro atoms. The molecule has 2 aromatic heterocycles. The van der Waals surface area contributed by atoms with Crippen molar-refractivity contribution in [2.75, 3.05) is 5.32 Å². The molecule has 0 saturated carbocycles. The Morgan fingerprint density at radius 1 is 0.857 bits per heavy atom. The molecule has 21 heavy (non-hydrogen) atoms. The van der Waals surface area contributed by atoms with Crippen LogP contribution in [0, 0.1) is 20.8 Å². The summed E-state index contributed by atoms with van der Waals surface area (Å²) in [6.45, 7) is 5.99. The van der Waals surface area contributed by atoms with Crippen molar-refractivity contribution < 1.29 is 0 Å². The van der Waals surface area contributed by atoms with Crippen molar-refractivity contribution in [2.45, 2.75) is 20.8 Å². The molecule has 0 aliphatic rings. The van der Waals surface area contributed by atoms with E-state index in [1.54, 1.807) is 0 Å². The number of aromatic nitrogens is 2. The van der Waals surface area contributed by atoms with E-state index in [0.29, 0.717) is 5.02 Å². The van der Waals surface area contributed by atoms with Crippen molar-refractivity contribution in [3.8, 4) is 0 Å². The largest absolute Gasteiger partial charge is 0.355 e. The van der Waals surface area contributed by atoms with E-state index in [-0.39, 0.29) is 0 Å². The van der Waals surface area contributed by atoms with E-state index in [2.05, 4.69) is 22.2 Å². The molecule has 0 aliphatic heterocycles. The predicted octanol–water partition coefficient (Wildman–Crippen LogP) is 4.95. The normalized spacial score (nSPS) is 10.9. The van der Waals surface area contributed by atoms with E-state index in [0.717, 1.165) is 39.4 Å². The second kappa shape index (κ2) is 5.34. The van der Waals surface area contributed by atoms with Gasteiger partial charge in [0.15, 0.2) is 5.65 Å². The summed E-state index contributed by atoms with van der Waals surface area (Å²) >= 11 is 6.09. The van der Waals surface area contributed by atoms with Gasteiger partial charge in [0, 0.05) is 27.5 Å². The molecule has 4 heteroatoms. The first-order valence-corrected chi connectivity index (χ1v) is 7.19. The van der Waals surface area contributed by atoms with Gasteiger partial charge in [0.2, 0.25) is 0 Å². The minimum absolute atomic E-state index is 0.715. The number of nitrogens with one attached hydrogen (secondary N) is 1. The minimum Gasteiger partial charge on any atom is -0.355 e. The summed E-state index contributed by atoms with van der Waals surface area (Å²) in [7, 11) is 0. The average molecular weight is 298 g/mol. The van der Waals surface area contributed by atoms with Gasteiger partial charge in [0.1, 0.15) is 0 Å². The number of nitrogens with zero attached hydrogens (tertiary/aromatic N) is 2. The second-order valence-electron chi connectivity index (χ2n) is 5.22. The third-order valence-corrected chi connectivity index (χ3v) is 3.64. The van der Waals surface area contributed by atoms with Crippen molar-refractivity contribution >= 4 is 34.0 Å². The SMILES string of the molecule is Cc1ccc2c(Nc3cc(Cl)ccc3C)cc(C)nc2n1. The summed E-state index contributed by atoms with van der Waals surface area (Å²) in [5, 5.41) is 5.17. The van der Waals surface area contributed by atoms with Crippen molar-refractivity contribution in [2.24, 2.45) is 0 Å². The average Bonchev–Trinajstić information content (AvgIpc) is 2.42. The van der Waals surface area contributed by atoms with Gasteiger partial charge in [-0.15, -0.1) is 0 Å². The van der Waals surface area contributed by atoms with E-state index >= 15 is 0 Å². The maximum Gasteiger partial charge on any atom is 0.161 e. The first kappa shape index (κ1) is 13.8. The Balaban J connectivity index is 2.14. The van der Waals surface area contributed by atoms with E-state index in [9.17, 15) is 0 Å². The highest BCUT2D eigenvalue weighted by atomic mass is 35.5. The van der Waals surface area contributed by atoms with Crippen LogP contribution in [0.25, 0.3) is 11.0 Å². The van der Waals surface area contributed by atoms with Gasteiger partial charge >= 0.3 is 0 Å². The number of halogens is 1. The first-order valence-electron chi connectivity index (χ1n) is 6.81. The van der Waals surface area contributed by atoms with Crippen LogP contribution in [-0.2, 0) is 0 Å². The van der Waals surface area contributed by atoms with Crippen LogP contribution in [0.4, 0.5) is 11.4 Å². The molecule has 3 rings (SSSR count). The van der Waals surface area contributed by atoms with Crippen LogP contribution >= 0.6 is 11.6 Å². The zero-order valence-corrected chi connectivity index (χ0v) is 13.0. The topological polar surface area (TPSA) is 37.8 Å². The third kappa shape index (κ3) is 2.83. The fraction of sp³-hybridized carbons (Fsp3) is 0.176. The highest BCUT2D eigenvalue weighted by Gasteiger charge is 2.07. The van der Waals surface area contributed by atoms with E-state index in [4.69, 9.17) is 11.6 Å². The Labute approximate surface area is 129 Å². The van der Waals surface area contributed by atoms with Crippen LogP contribution in [0.5, 0.6) is 0 Å². The first-order chi connectivity index (χ1) is 10.0. The van der Waals surface area contributed by atoms with Crippen molar-refractivity contribution in [1.82, 2.24) is 9.97 Å². The van der Waals surface area contributed by atoms with Crippen LogP contribution < -0.4 is 5.32 Å². The molecular weight excluding hydrogens is 282 g/mol. The number of rotatable bonds is 2. The Bertz CT molecular complexity index is 822. The lowest BCUT2D eigenvalue weighted by atomic mass is 10.1. The molecule has 0 radical (unpaired) electrons. The number of pyridine rings is 2. The molecule has 0 aliphatic carbocycles. The van der Waals surface area contributed by atoms with Crippen molar-refractivity contribution in [3.05, 3.63) is 58.4 Å². The molecule has 0 amide bonds. The molecule has 1 N–H and O–H groups in total. The summed E-state index contributed by atoms with van der Waals surface area (Å²) in [6.07, 6.45) is 0. The molecular formula is C17H16ClN3. The molecule has 0 atom stereocenters. The molecule has 2 heterocycles. The second-order valence-corrected chi connectivity index (χ2v) is 5.66. The quantitative estimate of drug-likeness (QED) is 0.727. The molecule has 0 saturated heterocycles. The van der Waals surface area contributed by atoms with Crippen LogP contribution in [0.15, 0.2) is 36.4 Å². The van der Waals surface area contributed by atoms with Gasteiger partial charge < -0.3 is 5.32 Å². The third-order valence-electron chi connectivity index (χ3n) is 3.41. The van der Waals surface area contributed by atoms with Gasteiger partial charge in [-0.05, 0) is 56.7 Å². The fourth-order valence-electron chi connectivity index (χ4n) is 2.30. The molecule has 1 aromatic carbocycles. The maximum absolute atomic E-state index is 6.09. The van der Waals surface area contributed by atoms with Gasteiger partial charge in [-0.25, -0.2) is 9.97 Å². The van der Waals surface area contributed by atoms with Gasteiger partial charge in [-0.2, -0.15) is 0 Å². The number of fused-ring (bicyclic) bond motifs is 1. The van der Waals surface area contributed by atoms with Gasteiger partial charge in [0.25, 0.3) is 0 Å². The maximum atomic E-state index is 6.09. The zero-order valence-electron chi connectivity index (χ0n) is 12.2. The Kier molecular flexibility index (Phi) is 3.52. The Hall–Kier alpha value is -2.13. The highest BCUT2D eigenvalue weighted by Crippen LogP contribution is 2.29. The standard InChI is InChI=1S/C17H16ClN3/c1-10-4-6-13(18)9-15(10)21-16-8-12(3)20-17-14(16)7-5-11(2)19-17/h4-9H,1-3H3,(H,19,20,21). The lowest BCUT2D eigenvalue weighted by Crippen LogP contribution is -1.98. The van der Waals surface area contributed by atoms with Crippen LogP contribution in [-0.4, -0.2) is 9.97 Å². The molecule has 0 fully saturated rings. The molecule has 3 aromatic rings. The predicted molar refractivity (Wildman–Crippen MR) is 88.5 cm³/mol. The summed E-state index contributed by atoms with van der Waals surface area (Å²) in [5.74, 6) is 0. The number of hydrogen-bond donors (Lipinski definition) is 1. The summed E-state index contributed by atoms with van der Waals surface area (Å²) in [4.78, 5) is 9.00. The lowest BCUT2D eigenvalue weighted by molar-refractivity contribution is 1.16. The van der Waals surface area contributed by atoms with Gasteiger partial charge in [0.05, 0.1) is 5.69 Å². The van der Waals surface area contributed by atoms with E-state index in [1.807, 2.05) is 50.2 Å². The number of benzene rings is 1. The molecule has 0 unspecified atom stereocenters. The Morgan fingerprint density at radius 3 is 2.43 bits per heavy atom. The molecule has 106 valence electrons. The number of hydrogen-bond acceptors (Lipinski definition) is 3. The summed E-state index contributed by atoms with van der Waals surface area (Å²) in [5.41, 5.74) is 5.79. The monoisotopic (exact) mass is 297 g/mol. The van der Waals surface area contributed by atoms with E-state index < -0.39 is 0 Å². The molecule has 0 bridgehead atoms. The zero-order chi connectivity index (χ0) is 15.0. The fourth-order valence-corrected chi connectivity index (χ4v) is 2.47. The Morgan fingerprint density at radius 2 is 1.62 bits per heavy atom. The smallest absolute Gasteiger partial charge is 0.161 e. The van der Waals surface area contributed by atoms with Crippen LogP contribution in [0.1, 0.15) is 17.0 Å². The highest BCUT2D eigenvalue weighted by molar-refractivity contribution is 6.30. The van der Waals surface area contributed by atoms with Crippen LogP contribution in [0.2, 0.25) is 5.02 Å². The number of aryl methyl sites for hydroxylation is 3. The lowest BCUT2D eigenvalue weighted by Gasteiger charge is -2.13. The summed E-state index contributed by atoms with van der Waals surface area (Å²) < 4.78 is 0. The molecule has 3 nitrogen and oxygen atoms in total. The van der Waals surface area contributed by atoms with Crippen LogP contribution in [0.3, 0.4) is 0 Å². The minimum atomic E-state index is 0.715. The number of anilines is 2. The summed E-state index contributed by atoms with van der Waals surface area (Å²) in [6, 6.07) is 11.9. The van der Waals surface area contributed by atoms with Gasteiger partial charge in [-0.1, -0.05) is 17.7 Å². The van der Waals surface area contributed by atoms with Gasteiger partial charge in [-0.3, -0.25) is 0 Å².